The highest BCUT2D eigenvalue weighted by Crippen LogP contribution is 2.43. The standard InChI is InChI=1S/C15H15Cl3N2/c1-2-6-12(15(16,17)18)14-13(19)9-10-20(14)11-7-4-3-5-8-11/h3-10H,2,19H2,1H3/b12-6-. The number of benzene rings is 1. The van der Waals surface area contributed by atoms with Gasteiger partial charge in [-0.3, -0.25) is 0 Å². The zero-order valence-corrected chi connectivity index (χ0v) is 13.3. The Balaban J connectivity index is 2.63. The van der Waals surface area contributed by atoms with Crippen molar-refractivity contribution < 1.29 is 0 Å². The third-order valence-electron chi connectivity index (χ3n) is 2.92. The number of allylic oxidation sites excluding steroid dienone is 2. The van der Waals surface area contributed by atoms with Crippen molar-refractivity contribution in [3.05, 3.63) is 54.4 Å². The van der Waals surface area contributed by atoms with Gasteiger partial charge in [0.1, 0.15) is 0 Å². The van der Waals surface area contributed by atoms with Crippen LogP contribution >= 0.6 is 34.8 Å². The van der Waals surface area contributed by atoms with Crippen molar-refractivity contribution in [3.8, 4) is 5.69 Å². The van der Waals surface area contributed by atoms with Crippen molar-refractivity contribution in [2.45, 2.75) is 17.1 Å². The number of halogens is 3. The maximum atomic E-state index is 6.09. The number of para-hydroxylation sites is 1. The number of aromatic nitrogens is 1. The second-order valence-electron chi connectivity index (χ2n) is 4.35. The molecule has 2 N–H and O–H groups in total. The third-order valence-corrected chi connectivity index (χ3v) is 3.53. The molecule has 0 atom stereocenters. The number of anilines is 1. The first kappa shape index (κ1) is 15.3. The molecule has 0 aliphatic heterocycles. The van der Waals surface area contributed by atoms with E-state index < -0.39 is 3.79 Å². The molecule has 0 fully saturated rings. The summed E-state index contributed by atoms with van der Waals surface area (Å²) in [5.41, 5.74) is 8.93. The van der Waals surface area contributed by atoms with Gasteiger partial charge in [-0.25, -0.2) is 0 Å². The number of nitrogens with two attached hydrogens (primary N) is 1. The summed E-state index contributed by atoms with van der Waals surface area (Å²) in [6, 6.07) is 11.6. The Kier molecular flexibility index (Phi) is 4.69. The summed E-state index contributed by atoms with van der Waals surface area (Å²) >= 11 is 18.3. The number of nitrogen functional groups attached to an aromatic ring is 1. The molecule has 2 aromatic rings. The van der Waals surface area contributed by atoms with Crippen LogP contribution in [-0.2, 0) is 0 Å². The van der Waals surface area contributed by atoms with Crippen LogP contribution in [0.15, 0.2) is 48.7 Å². The lowest BCUT2D eigenvalue weighted by Gasteiger charge is -2.19. The topological polar surface area (TPSA) is 30.9 Å². The summed E-state index contributed by atoms with van der Waals surface area (Å²) in [4.78, 5) is 0. The fourth-order valence-corrected chi connectivity index (χ4v) is 2.59. The highest BCUT2D eigenvalue weighted by atomic mass is 35.6. The molecule has 0 saturated carbocycles. The van der Waals surface area contributed by atoms with Crippen molar-refractivity contribution in [1.29, 1.82) is 0 Å². The van der Waals surface area contributed by atoms with Gasteiger partial charge in [0.15, 0.2) is 0 Å². The Hall–Kier alpha value is -1.09. The number of rotatable bonds is 3. The molecule has 0 aliphatic carbocycles. The lowest BCUT2D eigenvalue weighted by atomic mass is 10.1. The molecule has 2 nitrogen and oxygen atoms in total. The van der Waals surface area contributed by atoms with Crippen molar-refractivity contribution in [3.63, 3.8) is 0 Å². The van der Waals surface area contributed by atoms with E-state index in [4.69, 9.17) is 40.5 Å². The fraction of sp³-hybridized carbons (Fsp3) is 0.200. The zero-order valence-electron chi connectivity index (χ0n) is 11.0. The lowest BCUT2D eigenvalue weighted by molar-refractivity contribution is 1.04. The van der Waals surface area contributed by atoms with Crippen molar-refractivity contribution in [2.24, 2.45) is 0 Å². The molecule has 0 bridgehead atoms. The molecule has 0 unspecified atom stereocenters. The largest absolute Gasteiger partial charge is 0.397 e. The van der Waals surface area contributed by atoms with Crippen molar-refractivity contribution >= 4 is 46.1 Å². The van der Waals surface area contributed by atoms with Gasteiger partial charge in [-0.1, -0.05) is 66.0 Å². The first-order chi connectivity index (χ1) is 9.45. The predicted octanol–water partition coefficient (Wildman–Crippen LogP) is 5.22. The van der Waals surface area contributed by atoms with Crippen molar-refractivity contribution in [1.82, 2.24) is 4.57 Å². The van der Waals surface area contributed by atoms with Crippen LogP contribution in [0.5, 0.6) is 0 Å². The summed E-state index contributed by atoms with van der Waals surface area (Å²) in [5.74, 6) is 0. The number of alkyl halides is 3. The number of nitrogens with zero attached hydrogens (tertiary/aromatic N) is 1. The molecule has 106 valence electrons. The fourth-order valence-electron chi connectivity index (χ4n) is 2.09. The monoisotopic (exact) mass is 328 g/mol. The minimum absolute atomic E-state index is 0.583. The highest BCUT2D eigenvalue weighted by Gasteiger charge is 2.30. The van der Waals surface area contributed by atoms with Gasteiger partial charge in [-0.05, 0) is 24.6 Å². The normalized spacial score (nSPS) is 12.7. The van der Waals surface area contributed by atoms with Crippen LogP contribution in [0.25, 0.3) is 11.3 Å². The van der Waals surface area contributed by atoms with Gasteiger partial charge in [0.25, 0.3) is 0 Å². The van der Waals surface area contributed by atoms with Crippen LogP contribution in [0, 0.1) is 0 Å². The SMILES string of the molecule is CC/C=C(/c1c(N)ccn1-c1ccccc1)C(Cl)(Cl)Cl. The smallest absolute Gasteiger partial charge is 0.217 e. The third kappa shape index (κ3) is 3.14. The Bertz CT molecular complexity index is 610. The van der Waals surface area contributed by atoms with Gasteiger partial charge in [-0.15, -0.1) is 0 Å². The number of hydrogen-bond donors (Lipinski definition) is 1. The van der Waals surface area contributed by atoms with Gasteiger partial charge in [0.2, 0.25) is 3.79 Å². The minimum atomic E-state index is -1.52. The van der Waals surface area contributed by atoms with E-state index in [0.29, 0.717) is 11.3 Å². The average molecular weight is 330 g/mol. The first-order valence-electron chi connectivity index (χ1n) is 6.25. The maximum Gasteiger partial charge on any atom is 0.217 e. The lowest BCUT2D eigenvalue weighted by Crippen LogP contribution is -2.12. The summed E-state index contributed by atoms with van der Waals surface area (Å²) < 4.78 is 0.410. The molecular formula is C15H15Cl3N2. The molecule has 20 heavy (non-hydrogen) atoms. The van der Waals surface area contributed by atoms with Crippen LogP contribution in [-0.4, -0.2) is 8.36 Å². The quantitative estimate of drug-likeness (QED) is 0.769. The summed E-state index contributed by atoms with van der Waals surface area (Å²) in [5, 5.41) is 0. The van der Waals surface area contributed by atoms with Gasteiger partial charge in [-0.2, -0.15) is 0 Å². The van der Waals surface area contributed by atoms with Gasteiger partial charge >= 0.3 is 0 Å². The van der Waals surface area contributed by atoms with Crippen molar-refractivity contribution in [2.75, 3.05) is 5.73 Å². The van der Waals surface area contributed by atoms with Gasteiger partial charge in [0, 0.05) is 17.5 Å². The van der Waals surface area contributed by atoms with E-state index in [1.807, 2.05) is 60.2 Å². The molecule has 0 aliphatic rings. The van der Waals surface area contributed by atoms with Crippen LogP contribution in [0.4, 0.5) is 5.69 Å². The van der Waals surface area contributed by atoms with E-state index in [0.717, 1.165) is 17.8 Å². The molecule has 0 radical (unpaired) electrons. The predicted molar refractivity (Wildman–Crippen MR) is 88.7 cm³/mol. The van der Waals surface area contributed by atoms with Crippen LogP contribution < -0.4 is 5.73 Å². The van der Waals surface area contributed by atoms with E-state index in [2.05, 4.69) is 0 Å². The van der Waals surface area contributed by atoms with E-state index in [1.165, 1.54) is 0 Å². The Morgan fingerprint density at radius 2 is 1.85 bits per heavy atom. The molecule has 0 saturated heterocycles. The van der Waals surface area contributed by atoms with E-state index >= 15 is 0 Å². The average Bonchev–Trinajstić information content (AvgIpc) is 2.77. The molecule has 0 spiro atoms. The molecule has 2 rings (SSSR count). The first-order valence-corrected chi connectivity index (χ1v) is 7.38. The molecule has 1 aromatic heterocycles. The number of hydrogen-bond acceptors (Lipinski definition) is 1. The van der Waals surface area contributed by atoms with Crippen LogP contribution in [0.3, 0.4) is 0 Å². The highest BCUT2D eigenvalue weighted by molar-refractivity contribution is 6.72. The zero-order chi connectivity index (χ0) is 14.8. The molecular weight excluding hydrogens is 315 g/mol. The van der Waals surface area contributed by atoms with Crippen LogP contribution in [0.1, 0.15) is 19.0 Å². The van der Waals surface area contributed by atoms with E-state index in [-0.39, 0.29) is 0 Å². The minimum Gasteiger partial charge on any atom is -0.397 e. The molecule has 5 heteroatoms. The Morgan fingerprint density at radius 1 is 1.20 bits per heavy atom. The second-order valence-corrected chi connectivity index (χ2v) is 6.63. The Morgan fingerprint density at radius 3 is 2.40 bits per heavy atom. The summed E-state index contributed by atoms with van der Waals surface area (Å²) in [6.45, 7) is 1.99. The molecule has 1 aromatic carbocycles. The van der Waals surface area contributed by atoms with Gasteiger partial charge in [0.05, 0.1) is 11.4 Å². The van der Waals surface area contributed by atoms with Gasteiger partial charge < -0.3 is 10.3 Å². The summed E-state index contributed by atoms with van der Waals surface area (Å²) in [6.07, 6.45) is 4.51. The molecule has 1 heterocycles. The van der Waals surface area contributed by atoms with E-state index in [9.17, 15) is 0 Å². The summed E-state index contributed by atoms with van der Waals surface area (Å²) in [7, 11) is 0. The Labute approximate surface area is 133 Å². The van der Waals surface area contributed by atoms with E-state index in [1.54, 1.807) is 0 Å². The maximum absolute atomic E-state index is 6.09. The molecule has 0 amide bonds. The van der Waals surface area contributed by atoms with Crippen LogP contribution in [0.2, 0.25) is 0 Å². The second kappa shape index (κ2) is 6.13.